The van der Waals surface area contributed by atoms with Crippen LogP contribution in [0.15, 0.2) is 29.2 Å². The maximum absolute atomic E-state index is 12.5. The fraction of sp³-hybridized carbons (Fsp3) is 0.500. The first-order chi connectivity index (χ1) is 10.1. The van der Waals surface area contributed by atoms with Crippen molar-refractivity contribution in [2.75, 3.05) is 20.1 Å². The van der Waals surface area contributed by atoms with Gasteiger partial charge < -0.3 is 10.2 Å². The third-order valence-electron chi connectivity index (χ3n) is 4.36. The first kappa shape index (κ1) is 14.4. The van der Waals surface area contributed by atoms with Gasteiger partial charge in [-0.1, -0.05) is 18.2 Å². The number of likely N-dealkylation sites (tertiary alicyclic amines) is 1. The number of nitrogens with zero attached hydrogens (tertiary/aromatic N) is 2. The van der Waals surface area contributed by atoms with E-state index in [1.807, 2.05) is 19.2 Å². The summed E-state index contributed by atoms with van der Waals surface area (Å²) < 4.78 is 0. The molecule has 1 atom stereocenters. The van der Waals surface area contributed by atoms with Crippen LogP contribution in [0.2, 0.25) is 0 Å². The average molecular weight is 301 g/mol. The molecule has 1 N–H and O–H groups in total. The van der Waals surface area contributed by atoms with Crippen LogP contribution in [0, 0.1) is 11.3 Å². The fourth-order valence-electron chi connectivity index (χ4n) is 2.91. The predicted molar refractivity (Wildman–Crippen MR) is 83.0 cm³/mol. The second kappa shape index (κ2) is 5.70. The van der Waals surface area contributed by atoms with Gasteiger partial charge in [-0.05, 0) is 37.9 Å². The topological polar surface area (TPSA) is 56.1 Å². The van der Waals surface area contributed by atoms with Crippen LogP contribution < -0.4 is 5.32 Å². The molecular weight excluding hydrogens is 282 g/mol. The van der Waals surface area contributed by atoms with E-state index in [4.69, 9.17) is 0 Å². The Morgan fingerprint density at radius 3 is 2.81 bits per heavy atom. The molecule has 1 fully saturated rings. The number of carbonyl (C=O) groups excluding carboxylic acids is 1. The van der Waals surface area contributed by atoms with Gasteiger partial charge in [0.15, 0.2) is 0 Å². The van der Waals surface area contributed by atoms with Gasteiger partial charge in [0.1, 0.15) is 5.54 Å². The number of benzene rings is 1. The minimum Gasteiger partial charge on any atom is -0.337 e. The number of nitrogens with one attached hydrogen (secondary N) is 1. The average Bonchev–Trinajstić information content (AvgIpc) is 2.94. The number of carbonyl (C=O) groups is 1. The van der Waals surface area contributed by atoms with Crippen LogP contribution in [-0.2, 0) is 11.2 Å². The van der Waals surface area contributed by atoms with Crippen molar-refractivity contribution in [1.29, 1.82) is 5.26 Å². The fourth-order valence-corrected chi connectivity index (χ4v) is 4.10. The molecule has 0 aliphatic carbocycles. The maximum Gasteiger partial charge on any atom is 0.235 e. The van der Waals surface area contributed by atoms with E-state index in [1.54, 1.807) is 11.8 Å². The lowest BCUT2D eigenvalue weighted by atomic mass is 9.89. The first-order valence-electron chi connectivity index (χ1n) is 7.28. The van der Waals surface area contributed by atoms with Crippen molar-refractivity contribution in [2.45, 2.75) is 34.9 Å². The number of amides is 1. The molecule has 2 aliphatic rings. The highest BCUT2D eigenvalue weighted by atomic mass is 32.2. The van der Waals surface area contributed by atoms with E-state index in [0.717, 1.165) is 19.5 Å². The molecule has 0 aromatic heterocycles. The van der Waals surface area contributed by atoms with E-state index >= 15 is 0 Å². The van der Waals surface area contributed by atoms with Gasteiger partial charge >= 0.3 is 0 Å². The molecule has 1 aromatic rings. The van der Waals surface area contributed by atoms with E-state index < -0.39 is 5.54 Å². The Bertz CT molecular complexity index is 562. The molecule has 110 valence electrons. The summed E-state index contributed by atoms with van der Waals surface area (Å²) >= 11 is 1.61. The van der Waals surface area contributed by atoms with E-state index in [2.05, 4.69) is 28.4 Å². The smallest absolute Gasteiger partial charge is 0.235 e. The molecule has 1 amide bonds. The lowest BCUT2D eigenvalue weighted by Gasteiger charge is -2.36. The highest BCUT2D eigenvalue weighted by Gasteiger charge is 2.38. The number of fused-ring (bicyclic) bond motifs is 1. The normalized spacial score (nSPS) is 24.1. The molecule has 1 aromatic carbocycles. The Morgan fingerprint density at radius 1 is 1.43 bits per heavy atom. The molecule has 0 bridgehead atoms. The van der Waals surface area contributed by atoms with Crippen LogP contribution in [0.5, 0.6) is 0 Å². The van der Waals surface area contributed by atoms with Crippen molar-refractivity contribution in [3.63, 3.8) is 0 Å². The molecule has 3 rings (SSSR count). The summed E-state index contributed by atoms with van der Waals surface area (Å²) in [6.45, 7) is 1.71. The van der Waals surface area contributed by atoms with Crippen LogP contribution in [0.25, 0.3) is 0 Å². The number of thioether (sulfide) groups is 1. The maximum atomic E-state index is 12.5. The quantitative estimate of drug-likeness (QED) is 0.905. The molecule has 21 heavy (non-hydrogen) atoms. The summed E-state index contributed by atoms with van der Waals surface area (Å²) in [6.07, 6.45) is 2.17. The number of nitriles is 1. The summed E-state index contributed by atoms with van der Waals surface area (Å²) in [5.74, 6) is 0.00213. The molecule has 1 saturated heterocycles. The summed E-state index contributed by atoms with van der Waals surface area (Å²) in [4.78, 5) is 15.9. The van der Waals surface area contributed by atoms with Crippen LogP contribution >= 0.6 is 11.8 Å². The van der Waals surface area contributed by atoms with Gasteiger partial charge in [0.25, 0.3) is 0 Å². The van der Waals surface area contributed by atoms with Gasteiger partial charge in [-0.25, -0.2) is 0 Å². The molecule has 2 heterocycles. The number of rotatable bonds is 2. The number of piperidine rings is 1. The van der Waals surface area contributed by atoms with Crippen molar-refractivity contribution >= 4 is 17.7 Å². The molecule has 0 radical (unpaired) electrons. The lowest BCUT2D eigenvalue weighted by Crippen LogP contribution is -2.55. The SMILES string of the molecule is CN1CCC(C#N)(NC(=O)C2Cc3ccccc3S2)CC1. The largest absolute Gasteiger partial charge is 0.337 e. The number of hydrogen-bond acceptors (Lipinski definition) is 4. The Balaban J connectivity index is 1.66. The molecule has 0 saturated carbocycles. The Kier molecular flexibility index (Phi) is 3.92. The third kappa shape index (κ3) is 2.92. The molecule has 1 unspecified atom stereocenters. The van der Waals surface area contributed by atoms with Crippen LogP contribution in [0.4, 0.5) is 0 Å². The summed E-state index contributed by atoms with van der Waals surface area (Å²) in [6, 6.07) is 10.5. The molecule has 0 spiro atoms. The van der Waals surface area contributed by atoms with E-state index in [1.165, 1.54) is 10.5 Å². The van der Waals surface area contributed by atoms with Gasteiger partial charge in [0.2, 0.25) is 5.91 Å². The summed E-state index contributed by atoms with van der Waals surface area (Å²) in [7, 11) is 2.05. The first-order valence-corrected chi connectivity index (χ1v) is 8.16. The predicted octanol–water partition coefficient (Wildman–Crippen LogP) is 1.81. The van der Waals surface area contributed by atoms with E-state index in [0.29, 0.717) is 12.8 Å². The van der Waals surface area contributed by atoms with Gasteiger partial charge in [0.05, 0.1) is 11.3 Å². The zero-order valence-corrected chi connectivity index (χ0v) is 12.9. The van der Waals surface area contributed by atoms with Crippen molar-refractivity contribution in [2.24, 2.45) is 0 Å². The van der Waals surface area contributed by atoms with Gasteiger partial charge in [-0.15, -0.1) is 11.8 Å². The Labute approximate surface area is 129 Å². The van der Waals surface area contributed by atoms with E-state index in [9.17, 15) is 10.1 Å². The summed E-state index contributed by atoms with van der Waals surface area (Å²) in [5, 5.41) is 12.4. The van der Waals surface area contributed by atoms with E-state index in [-0.39, 0.29) is 11.2 Å². The highest BCUT2D eigenvalue weighted by Crippen LogP contribution is 2.37. The van der Waals surface area contributed by atoms with Crippen LogP contribution in [-0.4, -0.2) is 41.7 Å². The van der Waals surface area contributed by atoms with Crippen LogP contribution in [0.1, 0.15) is 18.4 Å². The second-order valence-corrected chi connectivity index (χ2v) is 7.15. The zero-order chi connectivity index (χ0) is 14.9. The Morgan fingerprint density at radius 2 is 2.14 bits per heavy atom. The third-order valence-corrected chi connectivity index (χ3v) is 5.67. The van der Waals surface area contributed by atoms with Crippen molar-refractivity contribution in [3.8, 4) is 6.07 Å². The van der Waals surface area contributed by atoms with Crippen molar-refractivity contribution in [1.82, 2.24) is 10.2 Å². The molecular formula is C16H19N3OS. The standard InChI is InChI=1S/C16H19N3OS/c1-19-8-6-16(11-17,7-9-19)18-15(20)14-10-12-4-2-3-5-13(12)21-14/h2-5,14H,6-10H2,1H3,(H,18,20). The number of hydrogen-bond donors (Lipinski definition) is 1. The molecule has 4 nitrogen and oxygen atoms in total. The minimum absolute atomic E-state index is 0.00213. The van der Waals surface area contributed by atoms with Gasteiger partial charge in [-0.3, -0.25) is 4.79 Å². The lowest BCUT2D eigenvalue weighted by molar-refractivity contribution is -0.122. The van der Waals surface area contributed by atoms with Gasteiger partial charge in [0, 0.05) is 18.0 Å². The zero-order valence-electron chi connectivity index (χ0n) is 12.1. The second-order valence-electron chi connectivity index (χ2n) is 5.90. The van der Waals surface area contributed by atoms with Crippen molar-refractivity contribution in [3.05, 3.63) is 29.8 Å². The van der Waals surface area contributed by atoms with Crippen LogP contribution in [0.3, 0.4) is 0 Å². The van der Waals surface area contributed by atoms with Gasteiger partial charge in [-0.2, -0.15) is 5.26 Å². The van der Waals surface area contributed by atoms with Crippen molar-refractivity contribution < 1.29 is 4.79 Å². The minimum atomic E-state index is -0.682. The Hall–Kier alpha value is -1.51. The summed E-state index contributed by atoms with van der Waals surface area (Å²) in [5.41, 5.74) is 0.552. The molecule has 5 heteroatoms. The molecule has 2 aliphatic heterocycles. The highest BCUT2D eigenvalue weighted by molar-refractivity contribution is 8.01. The monoisotopic (exact) mass is 301 g/mol.